The van der Waals surface area contributed by atoms with Crippen LogP contribution in [0.3, 0.4) is 0 Å². The molecule has 0 saturated heterocycles. The van der Waals surface area contributed by atoms with Crippen LogP contribution in [0.4, 0.5) is 0 Å². The molecule has 4 nitrogen and oxygen atoms in total. The van der Waals surface area contributed by atoms with Gasteiger partial charge in [-0.3, -0.25) is 0 Å². The molecule has 0 amide bonds. The second-order valence-electron chi connectivity index (χ2n) is 5.78. The van der Waals surface area contributed by atoms with Crippen LogP contribution >= 0.6 is 11.6 Å². The van der Waals surface area contributed by atoms with E-state index in [0.29, 0.717) is 10.6 Å². The van der Waals surface area contributed by atoms with Gasteiger partial charge >= 0.3 is 5.97 Å². The summed E-state index contributed by atoms with van der Waals surface area (Å²) in [5.41, 5.74) is 2.38. The topological polar surface area (TPSA) is 66.8 Å². The first-order chi connectivity index (χ1) is 12.1. The molecule has 0 aromatic heterocycles. The molecule has 0 bridgehead atoms. The molecule has 1 atom stereocenters. The van der Waals surface area contributed by atoms with Crippen molar-refractivity contribution in [2.75, 3.05) is 0 Å². The van der Waals surface area contributed by atoms with Gasteiger partial charge in [0.05, 0.1) is 0 Å². The molecule has 124 valence electrons. The molecule has 1 aliphatic rings. The van der Waals surface area contributed by atoms with Crippen LogP contribution < -0.4 is 0 Å². The summed E-state index contributed by atoms with van der Waals surface area (Å²) >= 11 is 6.42. The number of hydrogen-bond acceptors (Lipinski definition) is 4. The van der Waals surface area contributed by atoms with Crippen molar-refractivity contribution in [3.05, 3.63) is 82.8 Å². The summed E-state index contributed by atoms with van der Waals surface area (Å²) in [4.78, 5) is 11.3. The number of aliphatic hydroxyl groups excluding tert-OH is 2. The van der Waals surface area contributed by atoms with E-state index in [1.165, 1.54) is 0 Å². The van der Waals surface area contributed by atoms with Crippen LogP contribution in [0.5, 0.6) is 0 Å². The van der Waals surface area contributed by atoms with E-state index < -0.39 is 23.6 Å². The number of fused-ring (bicyclic) bond motifs is 1. The van der Waals surface area contributed by atoms with Crippen LogP contribution in [0.1, 0.15) is 11.7 Å². The zero-order valence-corrected chi connectivity index (χ0v) is 13.7. The van der Waals surface area contributed by atoms with E-state index in [9.17, 15) is 15.0 Å². The van der Waals surface area contributed by atoms with Crippen molar-refractivity contribution in [1.29, 1.82) is 0 Å². The number of carbonyl (C=O) groups is 1. The number of cyclic esters (lactones) is 1. The lowest BCUT2D eigenvalue weighted by atomic mass is 9.96. The van der Waals surface area contributed by atoms with Crippen molar-refractivity contribution in [1.82, 2.24) is 0 Å². The lowest BCUT2D eigenvalue weighted by Gasteiger charge is -2.13. The van der Waals surface area contributed by atoms with E-state index in [2.05, 4.69) is 0 Å². The Bertz CT molecular complexity index is 1020. The molecule has 1 unspecified atom stereocenters. The minimum absolute atomic E-state index is 0.471. The summed E-state index contributed by atoms with van der Waals surface area (Å²) in [6, 6.07) is 19.0. The molecular formula is C20H13ClO4. The van der Waals surface area contributed by atoms with Gasteiger partial charge in [0.2, 0.25) is 5.76 Å². The second kappa shape index (κ2) is 5.83. The Morgan fingerprint density at radius 2 is 1.64 bits per heavy atom. The van der Waals surface area contributed by atoms with Crippen LogP contribution in [0.15, 0.2) is 72.2 Å². The third kappa shape index (κ3) is 2.51. The van der Waals surface area contributed by atoms with Crippen molar-refractivity contribution in [2.45, 2.75) is 6.10 Å². The molecule has 5 heteroatoms. The van der Waals surface area contributed by atoms with Gasteiger partial charge in [-0.1, -0.05) is 66.2 Å². The minimum Gasteiger partial charge on any atom is -0.505 e. The zero-order chi connectivity index (χ0) is 17.6. The van der Waals surface area contributed by atoms with Crippen LogP contribution in [0, 0.1) is 0 Å². The van der Waals surface area contributed by atoms with Gasteiger partial charge in [0.15, 0.2) is 11.9 Å². The number of carbonyl (C=O) groups excluding carboxylic acids is 1. The van der Waals surface area contributed by atoms with Gasteiger partial charge in [0.1, 0.15) is 0 Å². The summed E-state index contributed by atoms with van der Waals surface area (Å²) in [6.07, 6.45) is -0.982. The third-order valence-corrected chi connectivity index (χ3v) is 4.60. The molecular weight excluding hydrogens is 340 g/mol. The van der Waals surface area contributed by atoms with E-state index in [1.54, 1.807) is 12.1 Å². The van der Waals surface area contributed by atoms with E-state index >= 15 is 0 Å². The predicted molar refractivity (Wildman–Crippen MR) is 95.5 cm³/mol. The Labute approximate surface area is 148 Å². The van der Waals surface area contributed by atoms with Crippen molar-refractivity contribution < 1.29 is 19.7 Å². The Balaban J connectivity index is 1.77. The Kier molecular flexibility index (Phi) is 3.62. The van der Waals surface area contributed by atoms with Gasteiger partial charge in [-0.15, -0.1) is 0 Å². The highest BCUT2D eigenvalue weighted by Crippen LogP contribution is 2.37. The molecule has 0 fully saturated rings. The van der Waals surface area contributed by atoms with E-state index in [4.69, 9.17) is 16.3 Å². The molecule has 3 aromatic rings. The number of hydrogen-bond donors (Lipinski definition) is 2. The quantitative estimate of drug-likeness (QED) is 0.631. The maximum atomic E-state index is 11.3. The molecule has 3 aromatic carbocycles. The van der Waals surface area contributed by atoms with Crippen LogP contribution in [0.25, 0.3) is 21.9 Å². The van der Waals surface area contributed by atoms with Gasteiger partial charge in [0, 0.05) is 16.1 Å². The summed E-state index contributed by atoms with van der Waals surface area (Å²) in [5, 5.41) is 22.0. The van der Waals surface area contributed by atoms with Crippen LogP contribution in [-0.2, 0) is 9.53 Å². The fraction of sp³-hybridized carbons (Fsp3) is 0.0500. The lowest BCUT2D eigenvalue weighted by molar-refractivity contribution is -0.142. The Hall–Kier alpha value is -2.98. The highest BCUT2D eigenvalue weighted by molar-refractivity contribution is 6.35. The summed E-state index contributed by atoms with van der Waals surface area (Å²) in [6.45, 7) is 0. The molecule has 1 heterocycles. The molecule has 4 rings (SSSR count). The zero-order valence-electron chi connectivity index (χ0n) is 12.9. The Morgan fingerprint density at radius 3 is 2.32 bits per heavy atom. The van der Waals surface area contributed by atoms with Crippen LogP contribution in [0.2, 0.25) is 5.02 Å². The second-order valence-corrected chi connectivity index (χ2v) is 6.19. The molecule has 2 N–H and O–H groups in total. The molecule has 1 aliphatic heterocycles. The minimum atomic E-state index is -0.982. The van der Waals surface area contributed by atoms with E-state index in [0.717, 1.165) is 21.9 Å². The number of halogens is 1. The molecule has 0 aliphatic carbocycles. The van der Waals surface area contributed by atoms with Gasteiger partial charge in [-0.25, -0.2) is 4.79 Å². The molecule has 25 heavy (non-hydrogen) atoms. The maximum Gasteiger partial charge on any atom is 0.378 e. The molecule has 0 saturated carbocycles. The first kappa shape index (κ1) is 15.5. The average Bonchev–Trinajstić information content (AvgIpc) is 2.89. The lowest BCUT2D eigenvalue weighted by Crippen LogP contribution is -2.03. The van der Waals surface area contributed by atoms with Gasteiger partial charge in [0.25, 0.3) is 0 Å². The van der Waals surface area contributed by atoms with Crippen molar-refractivity contribution in [3.63, 3.8) is 0 Å². The molecule has 0 spiro atoms. The monoisotopic (exact) mass is 352 g/mol. The van der Waals surface area contributed by atoms with Crippen molar-refractivity contribution >= 4 is 28.3 Å². The largest absolute Gasteiger partial charge is 0.505 e. The standard InChI is InChI=1S/C20H13ClO4/c21-15-10-9-11-3-1-2-4-14(11)16(15)12-5-7-13(8-6-12)19-17(22)18(23)20(24)25-19/h1-10,19,22-23H. The SMILES string of the molecule is O=C1OC(c2ccc(-c3c(Cl)ccc4ccccc34)cc2)C(O)=C1O. The summed E-state index contributed by atoms with van der Waals surface area (Å²) < 4.78 is 4.97. The van der Waals surface area contributed by atoms with Crippen molar-refractivity contribution in [2.24, 2.45) is 0 Å². The van der Waals surface area contributed by atoms with Crippen molar-refractivity contribution in [3.8, 4) is 11.1 Å². The number of benzene rings is 3. The fourth-order valence-electron chi connectivity index (χ4n) is 3.04. The number of esters is 1. The predicted octanol–water partition coefficient (Wildman–Crippen LogP) is 5.09. The summed E-state index contributed by atoms with van der Waals surface area (Å²) in [7, 11) is 0. The summed E-state index contributed by atoms with van der Waals surface area (Å²) in [5.74, 6) is -2.14. The van der Waals surface area contributed by atoms with Gasteiger partial charge in [-0.2, -0.15) is 0 Å². The number of rotatable bonds is 2. The highest BCUT2D eigenvalue weighted by atomic mass is 35.5. The maximum absolute atomic E-state index is 11.3. The number of ether oxygens (including phenoxy) is 1. The van der Waals surface area contributed by atoms with E-state index in [-0.39, 0.29) is 0 Å². The molecule has 0 radical (unpaired) electrons. The Morgan fingerprint density at radius 1 is 0.920 bits per heavy atom. The third-order valence-electron chi connectivity index (χ3n) is 4.29. The van der Waals surface area contributed by atoms with Crippen LogP contribution in [-0.4, -0.2) is 16.2 Å². The smallest absolute Gasteiger partial charge is 0.378 e. The fourth-order valence-corrected chi connectivity index (χ4v) is 3.31. The van der Waals surface area contributed by atoms with E-state index in [1.807, 2.05) is 48.5 Å². The van der Waals surface area contributed by atoms with Gasteiger partial charge in [-0.05, 0) is 22.4 Å². The average molecular weight is 353 g/mol. The normalized spacial score (nSPS) is 17.2. The number of aliphatic hydroxyl groups is 2. The highest BCUT2D eigenvalue weighted by Gasteiger charge is 2.35. The van der Waals surface area contributed by atoms with Gasteiger partial charge < -0.3 is 14.9 Å². The first-order valence-corrected chi connectivity index (χ1v) is 8.04. The first-order valence-electron chi connectivity index (χ1n) is 7.67.